The van der Waals surface area contributed by atoms with E-state index in [1.54, 1.807) is 91.1 Å². The maximum atomic E-state index is 16.0. The van der Waals surface area contributed by atoms with Crippen molar-refractivity contribution >= 4 is 21.8 Å². The van der Waals surface area contributed by atoms with E-state index in [-0.39, 0.29) is 11.5 Å². The molecule has 7 aromatic rings. The number of fused-ring (bicyclic) bond motifs is 3. The van der Waals surface area contributed by atoms with Crippen LogP contribution in [0.25, 0.3) is 61.4 Å². The van der Waals surface area contributed by atoms with E-state index < -0.39 is 34.5 Å². The number of rotatable bonds is 4. The van der Waals surface area contributed by atoms with Crippen molar-refractivity contribution < 1.29 is 17.6 Å². The molecule has 0 aliphatic heterocycles. The Kier molecular flexibility index (Phi) is 5.82. The summed E-state index contributed by atoms with van der Waals surface area (Å²) in [5, 5.41) is 1.29. The molecule has 0 bridgehead atoms. The minimum absolute atomic E-state index is 0.152. The van der Waals surface area contributed by atoms with Crippen LogP contribution in [0, 0.1) is 23.3 Å². The first-order valence-corrected chi connectivity index (χ1v) is 12.7. The maximum Gasteiger partial charge on any atom is 0.186 e. The molecular formula is C33H18F4N4. The molecule has 0 amide bonds. The number of nitrogens with zero attached hydrogens (tertiary/aromatic N) is 4. The molecule has 0 aliphatic carbocycles. The molecule has 198 valence electrons. The van der Waals surface area contributed by atoms with Gasteiger partial charge in [-0.2, -0.15) is 0 Å². The van der Waals surface area contributed by atoms with Crippen molar-refractivity contribution in [1.82, 2.24) is 19.5 Å². The van der Waals surface area contributed by atoms with Gasteiger partial charge in [-0.15, -0.1) is 0 Å². The predicted octanol–water partition coefficient (Wildman–Crippen LogP) is 8.53. The molecule has 0 spiro atoms. The number of aromatic nitrogens is 4. The number of halogens is 4. The van der Waals surface area contributed by atoms with Gasteiger partial charge in [-0.3, -0.25) is 4.98 Å². The smallest absolute Gasteiger partial charge is 0.186 e. The molecule has 7 rings (SSSR count). The second-order valence-electron chi connectivity index (χ2n) is 9.42. The van der Waals surface area contributed by atoms with Gasteiger partial charge in [-0.05, 0) is 18.2 Å². The molecule has 0 aliphatic rings. The molecule has 4 nitrogen and oxygen atoms in total. The second kappa shape index (κ2) is 9.67. The van der Waals surface area contributed by atoms with E-state index in [1.807, 2.05) is 6.07 Å². The summed E-state index contributed by atoms with van der Waals surface area (Å²) in [4.78, 5) is 13.0. The van der Waals surface area contributed by atoms with Crippen molar-refractivity contribution in [2.45, 2.75) is 0 Å². The van der Waals surface area contributed by atoms with Crippen LogP contribution < -0.4 is 0 Å². The van der Waals surface area contributed by atoms with Crippen LogP contribution in [0.2, 0.25) is 0 Å². The number of benzene rings is 4. The third-order valence-electron chi connectivity index (χ3n) is 7.02. The van der Waals surface area contributed by atoms with Crippen molar-refractivity contribution in [2.75, 3.05) is 0 Å². The van der Waals surface area contributed by atoms with Gasteiger partial charge in [0.25, 0.3) is 0 Å². The molecule has 0 saturated carbocycles. The fourth-order valence-corrected chi connectivity index (χ4v) is 5.15. The van der Waals surface area contributed by atoms with Gasteiger partial charge in [0.15, 0.2) is 29.1 Å². The first-order valence-electron chi connectivity index (χ1n) is 12.7. The molecule has 3 aromatic heterocycles. The molecule has 41 heavy (non-hydrogen) atoms. The van der Waals surface area contributed by atoms with Crippen LogP contribution in [-0.4, -0.2) is 19.5 Å². The van der Waals surface area contributed by atoms with Gasteiger partial charge in [0.2, 0.25) is 0 Å². The summed E-state index contributed by atoms with van der Waals surface area (Å²) in [7, 11) is 0. The molecule has 0 saturated heterocycles. The summed E-state index contributed by atoms with van der Waals surface area (Å²) in [6.45, 7) is 0. The van der Waals surface area contributed by atoms with Crippen molar-refractivity contribution in [3.05, 3.63) is 133 Å². The Bertz CT molecular complexity index is 1950. The number of para-hydroxylation sites is 1. The SMILES string of the molecule is Fc1c(F)c(-n2c3ccccc3c3ccncc32)c(F)c(F)c1-c1cc(-c2ccccc2)nc(-c2ccccc2)n1. The fourth-order valence-electron chi connectivity index (χ4n) is 5.15. The minimum atomic E-state index is -1.56. The topological polar surface area (TPSA) is 43.6 Å². The Balaban J connectivity index is 1.51. The lowest BCUT2D eigenvalue weighted by atomic mass is 10.0. The van der Waals surface area contributed by atoms with Crippen molar-refractivity contribution in [2.24, 2.45) is 0 Å². The molecule has 8 heteroatoms. The average molecular weight is 547 g/mol. The highest BCUT2D eigenvalue weighted by atomic mass is 19.2. The molecule has 0 unspecified atom stereocenters. The summed E-state index contributed by atoms with van der Waals surface area (Å²) in [6.07, 6.45) is 2.94. The van der Waals surface area contributed by atoms with Crippen LogP contribution in [0.1, 0.15) is 0 Å². The molecule has 0 N–H and O–H groups in total. The van der Waals surface area contributed by atoms with Gasteiger partial charge in [0, 0.05) is 28.1 Å². The quantitative estimate of drug-likeness (QED) is 0.164. The Labute approximate surface area is 231 Å². The van der Waals surface area contributed by atoms with E-state index in [0.717, 1.165) is 4.57 Å². The van der Waals surface area contributed by atoms with E-state index in [0.29, 0.717) is 38.6 Å². The molecular weight excluding hydrogens is 528 g/mol. The van der Waals surface area contributed by atoms with Crippen LogP contribution in [0.4, 0.5) is 17.6 Å². The summed E-state index contributed by atoms with van der Waals surface area (Å²) in [5.74, 6) is -6.08. The first-order chi connectivity index (χ1) is 20.0. The van der Waals surface area contributed by atoms with Gasteiger partial charge < -0.3 is 4.57 Å². The van der Waals surface area contributed by atoms with Crippen LogP contribution in [0.15, 0.2) is 109 Å². The van der Waals surface area contributed by atoms with E-state index in [4.69, 9.17) is 0 Å². The van der Waals surface area contributed by atoms with E-state index in [1.165, 1.54) is 12.3 Å². The Hall–Kier alpha value is -5.37. The lowest BCUT2D eigenvalue weighted by Crippen LogP contribution is -2.10. The number of hydrogen-bond acceptors (Lipinski definition) is 3. The standard InChI is InChI=1S/C33H18F4N4/c34-28-27(24-17-23(19-9-3-1-4-10-19)39-33(40-24)20-11-5-2-6-12-20)29(35)31(37)32(30(28)36)41-25-14-8-7-13-21(25)22-15-16-38-18-26(22)41/h1-18H. The van der Waals surface area contributed by atoms with Gasteiger partial charge in [0.05, 0.1) is 34.2 Å². The lowest BCUT2D eigenvalue weighted by molar-refractivity contribution is 0.453. The molecule has 3 heterocycles. The maximum absolute atomic E-state index is 16.0. The Morgan fingerprint density at radius 2 is 1.12 bits per heavy atom. The molecule has 4 aromatic carbocycles. The largest absolute Gasteiger partial charge is 0.302 e. The summed E-state index contributed by atoms with van der Waals surface area (Å²) >= 11 is 0. The van der Waals surface area contributed by atoms with Crippen molar-refractivity contribution in [1.29, 1.82) is 0 Å². The monoisotopic (exact) mass is 546 g/mol. The third kappa shape index (κ3) is 3.95. The molecule has 0 atom stereocenters. The zero-order valence-electron chi connectivity index (χ0n) is 21.2. The number of pyridine rings is 1. The Morgan fingerprint density at radius 1 is 0.537 bits per heavy atom. The van der Waals surface area contributed by atoms with Crippen molar-refractivity contribution in [3.8, 4) is 39.6 Å². The van der Waals surface area contributed by atoms with Gasteiger partial charge >= 0.3 is 0 Å². The van der Waals surface area contributed by atoms with E-state index >= 15 is 17.6 Å². The van der Waals surface area contributed by atoms with Gasteiger partial charge in [-0.25, -0.2) is 27.5 Å². The van der Waals surface area contributed by atoms with Crippen LogP contribution in [-0.2, 0) is 0 Å². The zero-order valence-corrected chi connectivity index (χ0v) is 21.2. The van der Waals surface area contributed by atoms with Crippen LogP contribution in [0.3, 0.4) is 0 Å². The highest BCUT2D eigenvalue weighted by Gasteiger charge is 2.30. The zero-order chi connectivity index (χ0) is 28.1. The normalized spacial score (nSPS) is 11.4. The molecule has 0 radical (unpaired) electrons. The highest BCUT2D eigenvalue weighted by Crippen LogP contribution is 2.39. The fraction of sp³-hybridized carbons (Fsp3) is 0. The summed E-state index contributed by atoms with van der Waals surface area (Å²) in [6, 6.07) is 27.6. The van der Waals surface area contributed by atoms with Crippen LogP contribution in [0.5, 0.6) is 0 Å². The number of hydrogen-bond donors (Lipinski definition) is 0. The molecule has 0 fully saturated rings. The van der Waals surface area contributed by atoms with Crippen LogP contribution >= 0.6 is 0 Å². The third-order valence-corrected chi connectivity index (χ3v) is 7.02. The van der Waals surface area contributed by atoms with E-state index in [9.17, 15) is 0 Å². The summed E-state index contributed by atoms with van der Waals surface area (Å²) in [5.41, 5.74) is 0.153. The summed E-state index contributed by atoms with van der Waals surface area (Å²) < 4.78 is 65.1. The lowest BCUT2D eigenvalue weighted by Gasteiger charge is -2.15. The van der Waals surface area contributed by atoms with Crippen molar-refractivity contribution in [3.63, 3.8) is 0 Å². The first kappa shape index (κ1) is 24.7. The van der Waals surface area contributed by atoms with E-state index in [2.05, 4.69) is 15.0 Å². The van der Waals surface area contributed by atoms with Gasteiger partial charge in [-0.1, -0.05) is 78.9 Å². The predicted molar refractivity (Wildman–Crippen MR) is 150 cm³/mol. The van der Waals surface area contributed by atoms with Gasteiger partial charge in [0.1, 0.15) is 5.69 Å². The average Bonchev–Trinajstić information content (AvgIpc) is 3.35. The second-order valence-corrected chi connectivity index (χ2v) is 9.42. The minimum Gasteiger partial charge on any atom is -0.302 e. The highest BCUT2D eigenvalue weighted by molar-refractivity contribution is 6.09. The Morgan fingerprint density at radius 3 is 1.83 bits per heavy atom.